The molecule has 9 heteroatoms. The van der Waals surface area contributed by atoms with E-state index in [4.69, 9.17) is 16.3 Å². The van der Waals surface area contributed by atoms with Gasteiger partial charge in [0.15, 0.2) is 0 Å². The largest absolute Gasteiger partial charge is 0.465 e. The van der Waals surface area contributed by atoms with Crippen molar-refractivity contribution in [3.8, 4) is 0 Å². The van der Waals surface area contributed by atoms with Crippen molar-refractivity contribution in [1.82, 2.24) is 9.88 Å². The predicted molar refractivity (Wildman–Crippen MR) is 99.5 cm³/mol. The summed E-state index contributed by atoms with van der Waals surface area (Å²) < 4.78 is 43.0. The molecule has 2 heterocycles. The lowest BCUT2D eigenvalue weighted by atomic mass is 10.1. The van der Waals surface area contributed by atoms with Crippen LogP contribution in [0.5, 0.6) is 0 Å². The van der Waals surface area contributed by atoms with Gasteiger partial charge in [-0.15, -0.1) is 0 Å². The number of halogens is 4. The van der Waals surface area contributed by atoms with Gasteiger partial charge in [-0.2, -0.15) is 13.2 Å². The minimum atomic E-state index is -4.47. The van der Waals surface area contributed by atoms with E-state index in [1.807, 2.05) is 17.0 Å². The number of benzene rings is 1. The monoisotopic (exact) mass is 413 g/mol. The molecule has 0 spiro atoms. The summed E-state index contributed by atoms with van der Waals surface area (Å²) in [7, 11) is 1.34. The maximum absolute atomic E-state index is 12.8. The molecule has 3 rings (SSSR count). The molecular weight excluding hydrogens is 395 g/mol. The fourth-order valence-corrected chi connectivity index (χ4v) is 3.39. The van der Waals surface area contributed by atoms with Gasteiger partial charge < -0.3 is 9.64 Å². The number of piperazine rings is 1. The van der Waals surface area contributed by atoms with Crippen molar-refractivity contribution in [3.05, 3.63) is 58.2 Å². The van der Waals surface area contributed by atoms with Crippen LogP contribution in [0.2, 0.25) is 5.02 Å². The van der Waals surface area contributed by atoms with E-state index >= 15 is 0 Å². The lowest BCUT2D eigenvalue weighted by molar-refractivity contribution is -0.137. The fourth-order valence-electron chi connectivity index (χ4n) is 3.11. The molecule has 0 radical (unpaired) electrons. The number of nitrogens with zero attached hydrogens (tertiary/aromatic N) is 3. The van der Waals surface area contributed by atoms with Crippen LogP contribution in [0.25, 0.3) is 0 Å². The molecule has 0 atom stereocenters. The van der Waals surface area contributed by atoms with E-state index in [0.29, 0.717) is 44.1 Å². The second kappa shape index (κ2) is 8.36. The summed E-state index contributed by atoms with van der Waals surface area (Å²) in [6.07, 6.45) is -3.65. The van der Waals surface area contributed by atoms with Gasteiger partial charge in [-0.3, -0.25) is 4.90 Å². The van der Waals surface area contributed by atoms with Crippen molar-refractivity contribution in [3.63, 3.8) is 0 Å². The number of ether oxygens (including phenoxy) is 1. The molecule has 28 heavy (non-hydrogen) atoms. The molecule has 0 saturated carbocycles. The van der Waals surface area contributed by atoms with Crippen molar-refractivity contribution in [1.29, 1.82) is 0 Å². The highest BCUT2D eigenvalue weighted by Crippen LogP contribution is 2.33. The lowest BCUT2D eigenvalue weighted by Crippen LogP contribution is -2.46. The SMILES string of the molecule is COC(=O)c1cccc(CN2CCN(c3ncc(C(F)(F)F)cc3Cl)CC2)c1. The summed E-state index contributed by atoms with van der Waals surface area (Å²) in [4.78, 5) is 19.6. The van der Waals surface area contributed by atoms with Crippen LogP contribution in [0.4, 0.5) is 19.0 Å². The molecule has 1 aromatic carbocycles. The van der Waals surface area contributed by atoms with Crippen LogP contribution in [-0.2, 0) is 17.5 Å². The molecule has 0 bridgehead atoms. The number of carbonyl (C=O) groups is 1. The van der Waals surface area contributed by atoms with Crippen LogP contribution in [0.3, 0.4) is 0 Å². The highest BCUT2D eigenvalue weighted by atomic mass is 35.5. The van der Waals surface area contributed by atoms with Gasteiger partial charge >= 0.3 is 12.1 Å². The van der Waals surface area contributed by atoms with Crippen LogP contribution < -0.4 is 4.90 Å². The van der Waals surface area contributed by atoms with Crippen LogP contribution >= 0.6 is 11.6 Å². The Morgan fingerprint density at radius 2 is 1.93 bits per heavy atom. The number of pyridine rings is 1. The third-order valence-corrected chi connectivity index (χ3v) is 4.85. The van der Waals surface area contributed by atoms with Crippen molar-refractivity contribution in [2.75, 3.05) is 38.2 Å². The van der Waals surface area contributed by atoms with Gasteiger partial charge in [-0.05, 0) is 23.8 Å². The zero-order valence-electron chi connectivity index (χ0n) is 15.2. The summed E-state index contributed by atoms with van der Waals surface area (Å²) in [5.41, 5.74) is 0.631. The molecule has 0 N–H and O–H groups in total. The van der Waals surface area contributed by atoms with Gasteiger partial charge in [0.2, 0.25) is 0 Å². The van der Waals surface area contributed by atoms with Gasteiger partial charge in [0.05, 0.1) is 23.3 Å². The first-order valence-corrected chi connectivity index (χ1v) is 9.03. The number of rotatable bonds is 4. The summed E-state index contributed by atoms with van der Waals surface area (Å²) >= 11 is 6.03. The van der Waals surface area contributed by atoms with E-state index in [1.165, 1.54) is 7.11 Å². The van der Waals surface area contributed by atoms with E-state index < -0.39 is 11.7 Å². The molecule has 1 aliphatic rings. The first kappa shape index (κ1) is 20.4. The number of alkyl halides is 3. The average Bonchev–Trinajstić information content (AvgIpc) is 2.67. The second-order valence-electron chi connectivity index (χ2n) is 6.48. The smallest absolute Gasteiger partial charge is 0.417 e. The lowest BCUT2D eigenvalue weighted by Gasteiger charge is -2.35. The average molecular weight is 414 g/mol. The number of esters is 1. The highest BCUT2D eigenvalue weighted by Gasteiger charge is 2.32. The molecular formula is C19H19ClF3N3O2. The number of anilines is 1. The van der Waals surface area contributed by atoms with Gasteiger partial charge in [0.25, 0.3) is 0 Å². The Kier molecular flexibility index (Phi) is 6.10. The van der Waals surface area contributed by atoms with Gasteiger partial charge in [-0.1, -0.05) is 23.7 Å². The summed E-state index contributed by atoms with van der Waals surface area (Å²) in [6, 6.07) is 8.16. The van der Waals surface area contributed by atoms with E-state index in [0.717, 1.165) is 17.8 Å². The summed E-state index contributed by atoms with van der Waals surface area (Å²) in [5.74, 6) is -0.0169. The summed E-state index contributed by atoms with van der Waals surface area (Å²) in [6.45, 7) is 3.24. The van der Waals surface area contributed by atoms with Gasteiger partial charge in [0, 0.05) is 38.9 Å². The van der Waals surface area contributed by atoms with Crippen molar-refractivity contribution < 1.29 is 22.7 Å². The van der Waals surface area contributed by atoms with E-state index in [1.54, 1.807) is 12.1 Å². The van der Waals surface area contributed by atoms with Crippen LogP contribution in [-0.4, -0.2) is 49.1 Å². The Hall–Kier alpha value is -2.32. The minimum Gasteiger partial charge on any atom is -0.465 e. The number of aromatic nitrogens is 1. The molecule has 1 saturated heterocycles. The van der Waals surface area contributed by atoms with Crippen LogP contribution in [0.15, 0.2) is 36.5 Å². The van der Waals surface area contributed by atoms with E-state index in [9.17, 15) is 18.0 Å². The van der Waals surface area contributed by atoms with Crippen molar-refractivity contribution >= 4 is 23.4 Å². The zero-order chi connectivity index (χ0) is 20.3. The maximum atomic E-state index is 12.8. The Morgan fingerprint density at radius 1 is 1.21 bits per heavy atom. The third kappa shape index (κ3) is 4.74. The zero-order valence-corrected chi connectivity index (χ0v) is 15.9. The Balaban J connectivity index is 1.61. The molecule has 5 nitrogen and oxygen atoms in total. The van der Waals surface area contributed by atoms with Gasteiger partial charge in [0.1, 0.15) is 5.82 Å². The maximum Gasteiger partial charge on any atom is 0.417 e. The molecule has 2 aromatic rings. The first-order chi connectivity index (χ1) is 13.3. The fraction of sp³-hybridized carbons (Fsp3) is 0.368. The number of methoxy groups -OCH3 is 1. The van der Waals surface area contributed by atoms with E-state index in [-0.39, 0.29) is 11.0 Å². The minimum absolute atomic E-state index is 0.00551. The highest BCUT2D eigenvalue weighted by molar-refractivity contribution is 6.33. The molecule has 0 unspecified atom stereocenters. The van der Waals surface area contributed by atoms with E-state index in [2.05, 4.69) is 9.88 Å². The van der Waals surface area contributed by atoms with Crippen molar-refractivity contribution in [2.45, 2.75) is 12.7 Å². The first-order valence-electron chi connectivity index (χ1n) is 8.65. The number of hydrogen-bond acceptors (Lipinski definition) is 5. The van der Waals surface area contributed by atoms with Crippen LogP contribution in [0.1, 0.15) is 21.5 Å². The molecule has 1 fully saturated rings. The van der Waals surface area contributed by atoms with Crippen LogP contribution in [0, 0.1) is 0 Å². The third-order valence-electron chi connectivity index (χ3n) is 4.58. The molecule has 0 amide bonds. The summed E-state index contributed by atoms with van der Waals surface area (Å²) in [5, 5.41) is -0.00551. The molecule has 1 aromatic heterocycles. The van der Waals surface area contributed by atoms with Gasteiger partial charge in [-0.25, -0.2) is 9.78 Å². The normalized spacial score (nSPS) is 15.5. The molecule has 0 aliphatic carbocycles. The quantitative estimate of drug-likeness (QED) is 0.712. The number of hydrogen-bond donors (Lipinski definition) is 0. The standard InChI is InChI=1S/C19H19ClF3N3O2/c1-28-18(27)14-4-2-3-13(9-14)12-25-5-7-26(8-6-25)17-16(20)10-15(11-24-17)19(21,22)23/h2-4,9-11H,5-8,12H2,1H3. The Labute approximate surface area is 165 Å². The molecule has 150 valence electrons. The Bertz CT molecular complexity index is 853. The Morgan fingerprint density at radius 3 is 2.54 bits per heavy atom. The molecule has 1 aliphatic heterocycles. The number of carbonyl (C=O) groups excluding carboxylic acids is 1. The topological polar surface area (TPSA) is 45.7 Å². The van der Waals surface area contributed by atoms with Crippen molar-refractivity contribution in [2.24, 2.45) is 0 Å². The second-order valence-corrected chi connectivity index (χ2v) is 6.89. The predicted octanol–water partition coefficient (Wildman–Crippen LogP) is 3.86.